The fourth-order valence-electron chi connectivity index (χ4n) is 5.16. The number of halogens is 3. The Balaban J connectivity index is 1.21. The molecule has 37 heavy (non-hydrogen) atoms. The van der Waals surface area contributed by atoms with E-state index in [1.807, 2.05) is 6.20 Å². The number of rotatable bonds is 8. The van der Waals surface area contributed by atoms with Crippen LogP contribution in [-0.4, -0.2) is 58.5 Å². The Hall–Kier alpha value is -2.50. The van der Waals surface area contributed by atoms with Crippen molar-refractivity contribution in [3.63, 3.8) is 0 Å². The molecule has 1 aliphatic heterocycles. The molecule has 7 nitrogen and oxygen atoms in total. The van der Waals surface area contributed by atoms with Gasteiger partial charge >= 0.3 is 6.18 Å². The fourth-order valence-corrected chi connectivity index (χ4v) is 6.32. The summed E-state index contributed by atoms with van der Waals surface area (Å²) in [6, 6.07) is 4.38. The van der Waals surface area contributed by atoms with Crippen LogP contribution in [0.3, 0.4) is 0 Å². The predicted molar refractivity (Wildman–Crippen MR) is 134 cm³/mol. The van der Waals surface area contributed by atoms with E-state index in [1.165, 1.54) is 10.9 Å². The molecule has 1 aromatic carbocycles. The van der Waals surface area contributed by atoms with E-state index in [4.69, 9.17) is 0 Å². The third-order valence-corrected chi connectivity index (χ3v) is 8.44. The highest BCUT2D eigenvalue weighted by Gasteiger charge is 2.40. The fraction of sp³-hybridized carbons (Fsp3) is 0.577. The first-order valence-electron chi connectivity index (χ1n) is 12.7. The molecule has 2 aromatic rings. The Morgan fingerprint density at radius 3 is 2.70 bits per heavy atom. The van der Waals surface area contributed by atoms with Crippen LogP contribution in [0.4, 0.5) is 13.2 Å². The molecule has 0 radical (unpaired) electrons. The Labute approximate surface area is 218 Å². The highest BCUT2D eigenvalue weighted by atomic mass is 32.1. The number of aryl methyl sites for hydroxylation is 1. The van der Waals surface area contributed by atoms with Crippen LogP contribution in [-0.2, 0) is 23.0 Å². The lowest BCUT2D eigenvalue weighted by Crippen LogP contribution is -2.45. The van der Waals surface area contributed by atoms with Gasteiger partial charge in [0.25, 0.3) is 5.91 Å². The van der Waals surface area contributed by atoms with E-state index in [9.17, 15) is 27.9 Å². The van der Waals surface area contributed by atoms with Crippen LogP contribution in [0.25, 0.3) is 0 Å². The first-order chi connectivity index (χ1) is 17.6. The van der Waals surface area contributed by atoms with Crippen LogP contribution in [0.5, 0.6) is 0 Å². The van der Waals surface area contributed by atoms with Crippen molar-refractivity contribution in [2.45, 2.75) is 75.7 Å². The summed E-state index contributed by atoms with van der Waals surface area (Å²) in [5, 5.41) is 17.3. The zero-order valence-electron chi connectivity index (χ0n) is 20.8. The summed E-state index contributed by atoms with van der Waals surface area (Å²) in [6.07, 6.45) is 3.17. The zero-order valence-corrected chi connectivity index (χ0v) is 21.6. The predicted octanol–water partition coefficient (Wildman–Crippen LogP) is 3.87. The average molecular weight is 539 g/mol. The molecule has 0 spiro atoms. The molecule has 2 heterocycles. The Kier molecular flexibility index (Phi) is 8.55. The van der Waals surface area contributed by atoms with E-state index in [2.05, 4.69) is 27.4 Å². The number of nitrogens with zero attached hydrogens (tertiary/aromatic N) is 2. The lowest BCUT2D eigenvalue weighted by molar-refractivity contribution is -0.137. The van der Waals surface area contributed by atoms with Gasteiger partial charge in [-0.25, -0.2) is 4.98 Å². The number of carbonyl (C=O) groups excluding carboxylic acids is 2. The van der Waals surface area contributed by atoms with E-state index in [1.54, 1.807) is 11.3 Å². The van der Waals surface area contributed by atoms with E-state index in [-0.39, 0.29) is 24.1 Å². The van der Waals surface area contributed by atoms with E-state index in [0.29, 0.717) is 25.4 Å². The molecule has 2 aliphatic rings. The molecule has 3 N–H and O–H groups in total. The number of hydrogen-bond acceptors (Lipinski definition) is 6. The molecule has 2 amide bonds. The van der Waals surface area contributed by atoms with Gasteiger partial charge in [0, 0.05) is 41.8 Å². The highest BCUT2D eigenvalue weighted by molar-refractivity contribution is 7.11. The van der Waals surface area contributed by atoms with Crippen molar-refractivity contribution in [1.82, 2.24) is 20.5 Å². The van der Waals surface area contributed by atoms with Gasteiger partial charge in [-0.05, 0) is 56.7 Å². The second-order valence-electron chi connectivity index (χ2n) is 9.95. The Morgan fingerprint density at radius 2 is 2.00 bits per heavy atom. The molecule has 1 saturated heterocycles. The van der Waals surface area contributed by atoms with Crippen molar-refractivity contribution < 1.29 is 27.9 Å². The van der Waals surface area contributed by atoms with Crippen molar-refractivity contribution in [3.8, 4) is 0 Å². The van der Waals surface area contributed by atoms with Gasteiger partial charge in [0.05, 0.1) is 12.1 Å². The Morgan fingerprint density at radius 1 is 1.24 bits per heavy atom. The van der Waals surface area contributed by atoms with Gasteiger partial charge in [-0.2, -0.15) is 13.2 Å². The molecule has 11 heteroatoms. The maximum Gasteiger partial charge on any atom is 0.416 e. The van der Waals surface area contributed by atoms with Crippen molar-refractivity contribution in [2.24, 2.45) is 0 Å². The first kappa shape index (κ1) is 27.5. The van der Waals surface area contributed by atoms with Crippen molar-refractivity contribution in [1.29, 1.82) is 0 Å². The Bertz CT molecular complexity index is 1100. The summed E-state index contributed by atoms with van der Waals surface area (Å²) in [5.41, 5.74) is -1.92. The minimum atomic E-state index is -4.54. The second-order valence-corrected chi connectivity index (χ2v) is 11.1. The van der Waals surface area contributed by atoms with Gasteiger partial charge in [0.1, 0.15) is 10.6 Å². The van der Waals surface area contributed by atoms with Crippen LogP contribution < -0.4 is 10.6 Å². The number of thiazole rings is 1. The van der Waals surface area contributed by atoms with Gasteiger partial charge in [-0.3, -0.25) is 14.5 Å². The average Bonchev–Trinajstić information content (AvgIpc) is 3.53. The minimum Gasteiger partial charge on any atom is -0.383 e. The van der Waals surface area contributed by atoms with Gasteiger partial charge in [0.15, 0.2) is 0 Å². The van der Waals surface area contributed by atoms with Crippen LogP contribution in [0, 0.1) is 0 Å². The quantitative estimate of drug-likeness (QED) is 0.475. The lowest BCUT2D eigenvalue weighted by atomic mass is 9.82. The summed E-state index contributed by atoms with van der Waals surface area (Å²) in [7, 11) is 0. The van der Waals surface area contributed by atoms with Crippen LogP contribution >= 0.6 is 11.3 Å². The highest BCUT2D eigenvalue weighted by Crippen LogP contribution is 2.41. The molecule has 0 unspecified atom stereocenters. The number of likely N-dealkylation sites (tertiary alicyclic amines) is 1. The van der Waals surface area contributed by atoms with Crippen LogP contribution in [0.2, 0.25) is 0 Å². The molecular weight excluding hydrogens is 505 g/mol. The van der Waals surface area contributed by atoms with Gasteiger partial charge in [0.2, 0.25) is 5.91 Å². The molecule has 2 fully saturated rings. The smallest absolute Gasteiger partial charge is 0.383 e. The summed E-state index contributed by atoms with van der Waals surface area (Å²) in [6.45, 7) is 3.34. The molecule has 1 atom stereocenters. The third-order valence-electron chi connectivity index (χ3n) is 7.19. The molecule has 4 rings (SSSR count). The first-order valence-corrected chi connectivity index (χ1v) is 13.6. The van der Waals surface area contributed by atoms with E-state index in [0.717, 1.165) is 61.9 Å². The summed E-state index contributed by atoms with van der Waals surface area (Å²) in [5.74, 6) is -1.11. The monoisotopic (exact) mass is 538 g/mol. The minimum absolute atomic E-state index is 0.0608. The number of aromatic nitrogens is 1. The molecular formula is C26H33F3N4O3S. The zero-order chi connectivity index (χ0) is 26.6. The van der Waals surface area contributed by atoms with Crippen molar-refractivity contribution in [2.75, 3.05) is 19.6 Å². The number of nitrogens with one attached hydrogen (secondary N) is 2. The van der Waals surface area contributed by atoms with Gasteiger partial charge < -0.3 is 15.7 Å². The summed E-state index contributed by atoms with van der Waals surface area (Å²) >= 11 is 1.61. The maximum absolute atomic E-state index is 12.9. The van der Waals surface area contributed by atoms with Crippen LogP contribution in [0.1, 0.15) is 71.3 Å². The number of alkyl halides is 3. The van der Waals surface area contributed by atoms with Gasteiger partial charge in [-0.1, -0.05) is 19.4 Å². The van der Waals surface area contributed by atoms with Crippen molar-refractivity contribution in [3.05, 3.63) is 51.5 Å². The molecule has 1 aliphatic carbocycles. The number of carbonyl (C=O) groups is 2. The number of hydrogen-bond donors (Lipinski definition) is 3. The SMILES string of the molecule is CCCc1cnc(C2(O)CCC(N3CC[C@@H](NC(=O)CNC(=O)c4cccc(C(F)(F)F)c4)C3)CC2)s1. The van der Waals surface area contributed by atoms with Crippen molar-refractivity contribution >= 4 is 23.2 Å². The largest absolute Gasteiger partial charge is 0.416 e. The summed E-state index contributed by atoms with van der Waals surface area (Å²) in [4.78, 5) is 32.6. The second kappa shape index (κ2) is 11.5. The number of benzene rings is 1. The van der Waals surface area contributed by atoms with Crippen LogP contribution in [0.15, 0.2) is 30.5 Å². The molecule has 1 aromatic heterocycles. The summed E-state index contributed by atoms with van der Waals surface area (Å²) < 4.78 is 38.6. The third kappa shape index (κ3) is 6.88. The molecule has 0 bridgehead atoms. The van der Waals surface area contributed by atoms with E-state index < -0.39 is 23.2 Å². The standard InChI is InChI=1S/C26H33F3N4O3S/c1-2-4-21-14-31-24(37-21)25(36)10-7-20(8-11-25)33-12-9-19(16-33)32-22(34)15-30-23(35)17-5-3-6-18(13-17)26(27,28)29/h3,5-6,13-14,19-20,36H,2,4,7-12,15-16H2,1H3,(H,30,35)(H,32,34)/t19-,20?,25?/m1/s1. The van der Waals surface area contributed by atoms with E-state index >= 15 is 0 Å². The lowest BCUT2D eigenvalue weighted by Gasteiger charge is -2.38. The maximum atomic E-state index is 12.9. The topological polar surface area (TPSA) is 94.6 Å². The molecule has 202 valence electrons. The normalized spacial score (nSPS) is 24.7. The number of amides is 2. The number of aliphatic hydroxyl groups is 1. The van der Waals surface area contributed by atoms with Gasteiger partial charge in [-0.15, -0.1) is 11.3 Å². The molecule has 1 saturated carbocycles.